The fraction of sp³-hybridized carbons (Fsp3) is 0.600. The molecule has 0 radical (unpaired) electrons. The summed E-state index contributed by atoms with van der Waals surface area (Å²) in [4.78, 5) is 2.52. The van der Waals surface area contributed by atoms with Gasteiger partial charge in [-0.2, -0.15) is 0 Å². The monoisotopic (exact) mass is 313 g/mol. The zero-order valence-electron chi connectivity index (χ0n) is 14.0. The Labute approximate surface area is 138 Å². The quantitative estimate of drug-likeness (QED) is 0.840. The molecule has 2 bridgehead atoms. The van der Waals surface area contributed by atoms with Gasteiger partial charge in [-0.15, -0.1) is 6.58 Å². The van der Waals surface area contributed by atoms with Gasteiger partial charge in [-0.25, -0.2) is 0 Å². The minimum Gasteiger partial charge on any atom is -0.508 e. The lowest BCUT2D eigenvalue weighted by atomic mass is 9.54. The lowest BCUT2D eigenvalue weighted by Crippen LogP contribution is -2.70. The highest BCUT2D eigenvalue weighted by molar-refractivity contribution is 5.47. The third-order valence-corrected chi connectivity index (χ3v) is 6.59. The number of allylic oxidation sites excluding steroid dienone is 1. The van der Waals surface area contributed by atoms with Gasteiger partial charge in [0.25, 0.3) is 0 Å². The first-order valence-electron chi connectivity index (χ1n) is 8.87. The molecular weight excluding hydrogens is 286 g/mol. The molecule has 0 amide bonds. The molecule has 1 aromatic rings. The summed E-state index contributed by atoms with van der Waals surface area (Å²) in [5.41, 5.74) is 1.28. The Bertz CT molecular complexity index is 635. The van der Waals surface area contributed by atoms with Crippen molar-refractivity contribution in [3.05, 3.63) is 42.0 Å². The van der Waals surface area contributed by atoms with E-state index in [0.29, 0.717) is 5.75 Å². The minimum atomic E-state index is -0.797. The van der Waals surface area contributed by atoms with Crippen molar-refractivity contribution in [3.63, 3.8) is 0 Å². The fourth-order valence-corrected chi connectivity index (χ4v) is 5.06. The molecule has 3 atom stereocenters. The second-order valence-electron chi connectivity index (χ2n) is 7.97. The van der Waals surface area contributed by atoms with Crippen LogP contribution in [-0.4, -0.2) is 39.8 Å². The third kappa shape index (κ3) is 2.17. The number of hydrogen-bond donors (Lipinski definition) is 2. The number of piperidine rings is 1. The topological polar surface area (TPSA) is 43.7 Å². The maximum Gasteiger partial charge on any atom is 0.115 e. The molecule has 1 aromatic carbocycles. The minimum absolute atomic E-state index is 0.161. The largest absolute Gasteiger partial charge is 0.508 e. The molecule has 1 saturated heterocycles. The SMILES string of the molecule is C=CC[C@]12CCN(CC3CC3)[C@H](Cc3ccc(O)cc31)[C@@]2(C)O. The van der Waals surface area contributed by atoms with Gasteiger partial charge < -0.3 is 10.2 Å². The van der Waals surface area contributed by atoms with E-state index in [1.54, 1.807) is 6.07 Å². The Morgan fingerprint density at radius 3 is 2.87 bits per heavy atom. The first-order chi connectivity index (χ1) is 11.0. The number of phenols is 1. The molecule has 3 aliphatic rings. The predicted molar refractivity (Wildman–Crippen MR) is 91.6 cm³/mol. The summed E-state index contributed by atoms with van der Waals surface area (Å²) in [5, 5.41) is 21.6. The maximum absolute atomic E-state index is 11.6. The number of aliphatic hydroxyl groups is 1. The Kier molecular flexibility index (Phi) is 3.37. The second kappa shape index (κ2) is 5.09. The summed E-state index contributed by atoms with van der Waals surface area (Å²) in [7, 11) is 0. The van der Waals surface area contributed by atoms with E-state index in [-0.39, 0.29) is 11.5 Å². The number of rotatable bonds is 4. The van der Waals surface area contributed by atoms with Crippen LogP contribution in [0.25, 0.3) is 0 Å². The van der Waals surface area contributed by atoms with Gasteiger partial charge in [0.15, 0.2) is 0 Å². The van der Waals surface area contributed by atoms with Crippen molar-refractivity contribution in [2.75, 3.05) is 13.1 Å². The summed E-state index contributed by atoms with van der Waals surface area (Å²) in [6, 6.07) is 5.86. The predicted octanol–water partition coefficient (Wildman–Crippen LogP) is 3.00. The van der Waals surface area contributed by atoms with E-state index in [1.807, 2.05) is 25.1 Å². The molecule has 3 nitrogen and oxygen atoms in total. The van der Waals surface area contributed by atoms with Crippen LogP contribution < -0.4 is 0 Å². The van der Waals surface area contributed by atoms with E-state index in [9.17, 15) is 10.2 Å². The number of phenolic OH excluding ortho intramolecular Hbond substituents is 1. The molecule has 2 N–H and O–H groups in total. The van der Waals surface area contributed by atoms with Crippen molar-refractivity contribution < 1.29 is 10.2 Å². The van der Waals surface area contributed by atoms with Crippen molar-refractivity contribution in [2.45, 2.75) is 56.1 Å². The van der Waals surface area contributed by atoms with Crippen LogP contribution in [-0.2, 0) is 11.8 Å². The van der Waals surface area contributed by atoms with Crippen LogP contribution in [0.5, 0.6) is 5.75 Å². The van der Waals surface area contributed by atoms with Crippen LogP contribution in [0.4, 0.5) is 0 Å². The molecule has 1 aliphatic heterocycles. The molecule has 23 heavy (non-hydrogen) atoms. The lowest BCUT2D eigenvalue weighted by molar-refractivity contribution is -0.134. The molecule has 2 fully saturated rings. The van der Waals surface area contributed by atoms with Gasteiger partial charge in [-0.05, 0) is 74.8 Å². The van der Waals surface area contributed by atoms with Crippen LogP contribution in [0.3, 0.4) is 0 Å². The van der Waals surface area contributed by atoms with E-state index in [1.165, 1.54) is 18.4 Å². The number of benzene rings is 1. The molecule has 0 unspecified atom stereocenters. The summed E-state index contributed by atoms with van der Waals surface area (Å²) in [6.07, 6.45) is 7.16. The number of fused-ring (bicyclic) bond motifs is 4. The highest BCUT2D eigenvalue weighted by atomic mass is 16.3. The smallest absolute Gasteiger partial charge is 0.115 e. The van der Waals surface area contributed by atoms with Crippen molar-refractivity contribution in [1.29, 1.82) is 0 Å². The fourth-order valence-electron chi connectivity index (χ4n) is 5.06. The number of likely N-dealkylation sites (tertiary alicyclic amines) is 1. The molecule has 2 aliphatic carbocycles. The molecule has 124 valence electrons. The Balaban J connectivity index is 1.81. The first-order valence-corrected chi connectivity index (χ1v) is 8.87. The number of nitrogens with zero attached hydrogens (tertiary/aromatic N) is 1. The third-order valence-electron chi connectivity index (χ3n) is 6.59. The molecular formula is C20H27NO2. The summed E-state index contributed by atoms with van der Waals surface area (Å²) >= 11 is 0. The zero-order chi connectivity index (χ0) is 16.2. The lowest BCUT2D eigenvalue weighted by Gasteiger charge is -2.60. The molecule has 1 saturated carbocycles. The van der Waals surface area contributed by atoms with Crippen LogP contribution in [0.15, 0.2) is 30.9 Å². The van der Waals surface area contributed by atoms with Crippen molar-refractivity contribution >= 4 is 0 Å². The molecule has 3 heteroatoms. The number of aromatic hydroxyl groups is 1. The van der Waals surface area contributed by atoms with Gasteiger partial charge in [-0.3, -0.25) is 4.90 Å². The van der Waals surface area contributed by atoms with E-state index in [4.69, 9.17) is 0 Å². The second-order valence-corrected chi connectivity index (χ2v) is 7.97. The summed E-state index contributed by atoms with van der Waals surface area (Å²) in [5.74, 6) is 1.13. The molecule has 4 rings (SSSR count). The standard InChI is InChI=1S/C20H27NO2/c1-3-8-20-9-10-21(13-14-4-5-14)18(19(20,2)23)11-15-6-7-16(22)12-17(15)20/h3,6-7,12,14,18,22-23H,1,4-5,8-11,13H2,2H3/t18-,19-,20+/m1/s1. The first kappa shape index (κ1) is 15.2. The summed E-state index contributed by atoms with van der Waals surface area (Å²) in [6.45, 7) is 8.11. The molecule has 0 aromatic heterocycles. The Morgan fingerprint density at radius 1 is 1.39 bits per heavy atom. The van der Waals surface area contributed by atoms with Crippen molar-refractivity contribution in [1.82, 2.24) is 4.90 Å². The highest BCUT2D eigenvalue weighted by Crippen LogP contribution is 2.54. The Hall–Kier alpha value is -1.32. The average Bonchev–Trinajstić information content (AvgIpc) is 3.30. The summed E-state index contributed by atoms with van der Waals surface area (Å²) < 4.78 is 0. The van der Waals surface area contributed by atoms with Crippen LogP contribution >= 0.6 is 0 Å². The highest BCUT2D eigenvalue weighted by Gasteiger charge is 2.59. The Morgan fingerprint density at radius 2 is 2.17 bits per heavy atom. The zero-order valence-corrected chi connectivity index (χ0v) is 14.0. The van der Waals surface area contributed by atoms with E-state index < -0.39 is 5.60 Å². The van der Waals surface area contributed by atoms with E-state index in [2.05, 4.69) is 11.5 Å². The van der Waals surface area contributed by atoms with Crippen molar-refractivity contribution in [2.24, 2.45) is 5.92 Å². The van der Waals surface area contributed by atoms with E-state index >= 15 is 0 Å². The number of hydrogen-bond acceptors (Lipinski definition) is 3. The van der Waals surface area contributed by atoms with Crippen LogP contribution in [0.1, 0.15) is 43.7 Å². The average molecular weight is 313 g/mol. The van der Waals surface area contributed by atoms with Gasteiger partial charge in [0.2, 0.25) is 0 Å². The van der Waals surface area contributed by atoms with Gasteiger partial charge in [0.1, 0.15) is 5.75 Å². The van der Waals surface area contributed by atoms with Crippen LogP contribution in [0.2, 0.25) is 0 Å². The van der Waals surface area contributed by atoms with Crippen LogP contribution in [0, 0.1) is 5.92 Å². The maximum atomic E-state index is 11.6. The normalized spacial score (nSPS) is 36.5. The van der Waals surface area contributed by atoms with Gasteiger partial charge in [0.05, 0.1) is 5.60 Å². The van der Waals surface area contributed by atoms with Gasteiger partial charge >= 0.3 is 0 Å². The van der Waals surface area contributed by atoms with Gasteiger partial charge in [-0.1, -0.05) is 12.1 Å². The molecule has 1 heterocycles. The van der Waals surface area contributed by atoms with Gasteiger partial charge in [0, 0.05) is 18.0 Å². The molecule has 0 spiro atoms. The van der Waals surface area contributed by atoms with E-state index in [0.717, 1.165) is 43.8 Å². The van der Waals surface area contributed by atoms with Crippen molar-refractivity contribution in [3.8, 4) is 5.75 Å².